The molecular formula is C22H24N2O3S2. The minimum Gasteiger partial charge on any atom is -0.315 e. The zero-order valence-electron chi connectivity index (χ0n) is 16.5. The predicted molar refractivity (Wildman–Crippen MR) is 119 cm³/mol. The van der Waals surface area contributed by atoms with Gasteiger partial charge in [0.1, 0.15) is 0 Å². The van der Waals surface area contributed by atoms with Crippen molar-refractivity contribution >= 4 is 38.4 Å². The smallest absolute Gasteiger partial charge is 0.252 e. The molecule has 0 spiro atoms. The van der Waals surface area contributed by atoms with Gasteiger partial charge in [0.15, 0.2) is 15.0 Å². The maximum atomic E-state index is 12.7. The van der Waals surface area contributed by atoms with E-state index in [-0.39, 0.29) is 41.0 Å². The summed E-state index contributed by atoms with van der Waals surface area (Å²) in [5.74, 6) is 0.292. The molecule has 2 aliphatic rings. The molecule has 2 aromatic rings. The summed E-state index contributed by atoms with van der Waals surface area (Å²) in [5.41, 5.74) is 2.99. The van der Waals surface area contributed by atoms with Crippen LogP contribution in [0.15, 0.2) is 59.6 Å². The van der Waals surface area contributed by atoms with Crippen LogP contribution < -0.4 is 4.90 Å². The molecule has 0 bridgehead atoms. The lowest BCUT2D eigenvalue weighted by Crippen LogP contribution is -2.38. The summed E-state index contributed by atoms with van der Waals surface area (Å²) in [6.45, 7) is 4.23. The van der Waals surface area contributed by atoms with Gasteiger partial charge in [0.05, 0.1) is 24.0 Å². The summed E-state index contributed by atoms with van der Waals surface area (Å²) < 4.78 is 24.5. The number of benzene rings is 2. The molecular weight excluding hydrogens is 404 g/mol. The number of para-hydroxylation sites is 1. The third-order valence-corrected chi connectivity index (χ3v) is 8.51. The Balaban J connectivity index is 1.70. The van der Waals surface area contributed by atoms with Crippen molar-refractivity contribution in [1.82, 2.24) is 0 Å². The molecule has 2 atom stereocenters. The summed E-state index contributed by atoms with van der Waals surface area (Å²) in [7, 11) is -3.08. The number of anilines is 1. The first kappa shape index (κ1) is 20.2. The molecule has 152 valence electrons. The van der Waals surface area contributed by atoms with E-state index in [0.29, 0.717) is 5.17 Å². The number of aliphatic imine (C=N–C) groups is 1. The number of carbonyl (C=O) groups excluding carboxylic acids is 1. The Morgan fingerprint density at radius 1 is 1.10 bits per heavy atom. The second-order valence-corrected chi connectivity index (χ2v) is 11.2. The number of thioether (sulfide) groups is 1. The minimum absolute atomic E-state index is 0.0940. The van der Waals surface area contributed by atoms with Crippen molar-refractivity contribution in [3.8, 4) is 0 Å². The number of fused-ring (bicyclic) bond motifs is 1. The van der Waals surface area contributed by atoms with Crippen molar-refractivity contribution in [1.29, 1.82) is 0 Å². The lowest BCUT2D eigenvalue weighted by Gasteiger charge is -2.28. The molecule has 5 nitrogen and oxygen atoms in total. The Kier molecular flexibility index (Phi) is 5.53. The average Bonchev–Trinajstić information content (AvgIpc) is 3.13. The third-order valence-electron chi connectivity index (χ3n) is 5.30. The van der Waals surface area contributed by atoms with Crippen molar-refractivity contribution in [2.75, 3.05) is 16.4 Å². The van der Waals surface area contributed by atoms with Crippen LogP contribution in [0.3, 0.4) is 0 Å². The molecule has 4 rings (SSSR count). The van der Waals surface area contributed by atoms with E-state index in [1.54, 1.807) is 0 Å². The molecule has 0 aromatic heterocycles. The quantitative estimate of drug-likeness (QED) is 0.744. The van der Waals surface area contributed by atoms with E-state index >= 15 is 0 Å². The minimum atomic E-state index is -3.08. The van der Waals surface area contributed by atoms with Gasteiger partial charge in [-0.25, -0.2) is 8.42 Å². The highest BCUT2D eigenvalue weighted by atomic mass is 32.2. The van der Waals surface area contributed by atoms with Gasteiger partial charge in [-0.3, -0.25) is 4.79 Å². The number of carbonyl (C=O) groups is 1. The van der Waals surface area contributed by atoms with Crippen LogP contribution in [0.25, 0.3) is 0 Å². The first-order chi connectivity index (χ1) is 13.8. The Hall–Kier alpha value is -2.12. The van der Waals surface area contributed by atoms with Crippen LogP contribution in [-0.2, 0) is 21.1 Å². The SMILES string of the molecule is CC(C)c1ccccc1N1C(=NC(=O)Cc2ccccc2)SC2CS(=O)(=O)CC21. The van der Waals surface area contributed by atoms with E-state index < -0.39 is 9.84 Å². The largest absolute Gasteiger partial charge is 0.315 e. The highest BCUT2D eigenvalue weighted by Gasteiger charge is 2.49. The first-order valence-corrected chi connectivity index (χ1v) is 12.4. The molecule has 1 amide bonds. The standard InChI is InChI=1S/C22H24N2O3S2/c1-15(2)17-10-6-7-11-18(17)24-19-13-29(26,27)14-20(19)28-22(24)23-21(25)12-16-8-4-3-5-9-16/h3-11,15,19-20H,12-14H2,1-2H3. The van der Waals surface area contributed by atoms with E-state index in [1.165, 1.54) is 11.8 Å². The lowest BCUT2D eigenvalue weighted by molar-refractivity contribution is -0.117. The van der Waals surface area contributed by atoms with Crippen molar-refractivity contribution in [3.05, 3.63) is 65.7 Å². The summed E-state index contributed by atoms with van der Waals surface area (Å²) >= 11 is 1.42. The van der Waals surface area contributed by atoms with Crippen molar-refractivity contribution < 1.29 is 13.2 Å². The zero-order valence-corrected chi connectivity index (χ0v) is 18.1. The second kappa shape index (κ2) is 7.95. The van der Waals surface area contributed by atoms with Crippen molar-refractivity contribution in [2.45, 2.75) is 37.5 Å². The Bertz CT molecular complexity index is 1050. The van der Waals surface area contributed by atoms with Crippen molar-refractivity contribution in [2.24, 2.45) is 4.99 Å². The topological polar surface area (TPSA) is 66.8 Å². The monoisotopic (exact) mass is 428 g/mol. The van der Waals surface area contributed by atoms with Gasteiger partial charge < -0.3 is 4.90 Å². The zero-order chi connectivity index (χ0) is 20.6. The molecule has 2 saturated heterocycles. The molecule has 2 fully saturated rings. The molecule has 0 N–H and O–H groups in total. The van der Waals surface area contributed by atoms with Gasteiger partial charge >= 0.3 is 0 Å². The Morgan fingerprint density at radius 3 is 2.52 bits per heavy atom. The van der Waals surface area contributed by atoms with Crippen LogP contribution in [0, 0.1) is 0 Å². The maximum Gasteiger partial charge on any atom is 0.252 e. The number of amidine groups is 1. The number of hydrogen-bond donors (Lipinski definition) is 0. The highest BCUT2D eigenvalue weighted by Crippen LogP contribution is 2.43. The van der Waals surface area contributed by atoms with E-state index in [0.717, 1.165) is 16.8 Å². The van der Waals surface area contributed by atoms with Gasteiger partial charge in [-0.1, -0.05) is 74.1 Å². The van der Waals surface area contributed by atoms with Crippen LogP contribution in [0.4, 0.5) is 5.69 Å². The molecule has 2 aromatic carbocycles. The Morgan fingerprint density at radius 2 is 1.79 bits per heavy atom. The highest BCUT2D eigenvalue weighted by molar-refractivity contribution is 8.16. The van der Waals surface area contributed by atoms with Crippen LogP contribution in [0.2, 0.25) is 0 Å². The van der Waals surface area contributed by atoms with E-state index in [9.17, 15) is 13.2 Å². The average molecular weight is 429 g/mol. The first-order valence-electron chi connectivity index (χ1n) is 9.75. The van der Waals surface area contributed by atoms with Crippen LogP contribution in [0.5, 0.6) is 0 Å². The number of nitrogens with zero attached hydrogens (tertiary/aromatic N) is 2. The molecule has 0 radical (unpaired) electrons. The maximum absolute atomic E-state index is 12.7. The van der Waals surface area contributed by atoms with E-state index in [2.05, 4.69) is 24.9 Å². The molecule has 0 aliphatic carbocycles. The van der Waals surface area contributed by atoms with Gasteiger partial charge in [-0.2, -0.15) is 4.99 Å². The van der Waals surface area contributed by atoms with Crippen LogP contribution in [-0.4, -0.2) is 42.3 Å². The second-order valence-electron chi connectivity index (χ2n) is 7.83. The fourth-order valence-corrected chi connectivity index (χ4v) is 7.88. The van der Waals surface area contributed by atoms with Crippen LogP contribution in [0.1, 0.15) is 30.9 Å². The molecule has 2 unspecified atom stereocenters. The van der Waals surface area contributed by atoms with Crippen molar-refractivity contribution in [3.63, 3.8) is 0 Å². The molecule has 0 saturated carbocycles. The predicted octanol–water partition coefficient (Wildman–Crippen LogP) is 3.65. The van der Waals surface area contributed by atoms with Gasteiger partial charge in [-0.15, -0.1) is 0 Å². The number of rotatable bonds is 4. The Labute approximate surface area is 176 Å². The van der Waals surface area contributed by atoms with Gasteiger partial charge in [-0.05, 0) is 23.1 Å². The number of amides is 1. The van der Waals surface area contributed by atoms with Gasteiger partial charge in [0.2, 0.25) is 0 Å². The summed E-state index contributed by atoms with van der Waals surface area (Å²) in [5, 5.41) is 0.521. The molecule has 2 aliphatic heterocycles. The summed E-state index contributed by atoms with van der Waals surface area (Å²) in [6.07, 6.45) is 0.234. The van der Waals surface area contributed by atoms with Crippen LogP contribution >= 0.6 is 11.8 Å². The number of hydrogen-bond acceptors (Lipinski definition) is 4. The van der Waals surface area contributed by atoms with E-state index in [4.69, 9.17) is 0 Å². The fraction of sp³-hybridized carbons (Fsp3) is 0.364. The lowest BCUT2D eigenvalue weighted by atomic mass is 9.99. The van der Waals surface area contributed by atoms with E-state index in [1.807, 2.05) is 53.4 Å². The molecule has 7 heteroatoms. The summed E-state index contributed by atoms with van der Waals surface area (Å²) in [6, 6.07) is 17.4. The normalized spacial score (nSPS) is 24.2. The fourth-order valence-electron chi connectivity index (χ4n) is 3.96. The number of sulfone groups is 1. The van der Waals surface area contributed by atoms with Gasteiger partial charge in [0.25, 0.3) is 5.91 Å². The third kappa shape index (κ3) is 4.26. The molecule has 2 heterocycles. The van der Waals surface area contributed by atoms with Gasteiger partial charge in [0, 0.05) is 10.9 Å². The summed E-state index contributed by atoms with van der Waals surface area (Å²) in [4.78, 5) is 19.1. The molecule has 29 heavy (non-hydrogen) atoms.